The van der Waals surface area contributed by atoms with E-state index >= 15 is 0 Å². The minimum absolute atomic E-state index is 0.0152. The number of hydrogen-bond donors (Lipinski definition) is 3. The standard InChI is InChI=1S/C26H43N3O9/c1-11-12-19(13-18(4)22(31)28-34-16-35-38-26(8,9)10)23(32)29-37-20(24(33)27-15-17(2)3)14-21(30)36-25(5,6)7/h11-13,17,20H,4,14-16H2,1-3,5-10H3,(H,27,33)(H,28,31)(H,29,32)/b12-11-,19-13+/t20-/m1/s1. The molecule has 0 fully saturated rings. The van der Waals surface area contributed by atoms with Crippen molar-refractivity contribution in [3.05, 3.63) is 36.0 Å². The maximum Gasteiger partial charge on any atom is 0.309 e. The molecule has 0 aromatic rings. The summed E-state index contributed by atoms with van der Waals surface area (Å²) in [5.41, 5.74) is 2.80. The molecule has 0 saturated heterocycles. The molecule has 0 aromatic heterocycles. The summed E-state index contributed by atoms with van der Waals surface area (Å²) in [6, 6.07) is 0. The van der Waals surface area contributed by atoms with Gasteiger partial charge >= 0.3 is 5.97 Å². The Labute approximate surface area is 224 Å². The lowest BCUT2D eigenvalue weighted by molar-refractivity contribution is -0.385. The second-order valence-electron chi connectivity index (χ2n) is 10.6. The van der Waals surface area contributed by atoms with E-state index in [0.29, 0.717) is 6.54 Å². The van der Waals surface area contributed by atoms with E-state index in [9.17, 15) is 19.2 Å². The van der Waals surface area contributed by atoms with Gasteiger partial charge in [0.25, 0.3) is 17.7 Å². The van der Waals surface area contributed by atoms with Crippen molar-refractivity contribution >= 4 is 23.7 Å². The molecule has 0 aromatic carbocycles. The van der Waals surface area contributed by atoms with E-state index < -0.39 is 47.4 Å². The molecule has 0 radical (unpaired) electrons. The molecule has 0 rings (SSSR count). The molecule has 0 aliphatic carbocycles. The molecule has 12 nitrogen and oxygen atoms in total. The molecule has 0 aliphatic heterocycles. The highest BCUT2D eigenvalue weighted by Crippen LogP contribution is 2.11. The van der Waals surface area contributed by atoms with Gasteiger partial charge in [-0.15, -0.1) is 0 Å². The van der Waals surface area contributed by atoms with Crippen LogP contribution in [-0.4, -0.2) is 54.3 Å². The van der Waals surface area contributed by atoms with Crippen molar-refractivity contribution in [1.29, 1.82) is 0 Å². The van der Waals surface area contributed by atoms with Gasteiger partial charge in [0.1, 0.15) is 5.60 Å². The zero-order valence-electron chi connectivity index (χ0n) is 23.9. The molecule has 0 bridgehead atoms. The first-order chi connectivity index (χ1) is 17.4. The molecule has 38 heavy (non-hydrogen) atoms. The number of amides is 3. The highest BCUT2D eigenvalue weighted by molar-refractivity contribution is 6.01. The Kier molecular flexibility index (Phi) is 15.4. The van der Waals surface area contributed by atoms with E-state index in [2.05, 4.69) is 22.9 Å². The average molecular weight is 542 g/mol. The maximum atomic E-state index is 12.7. The molecular formula is C26H43N3O9. The highest BCUT2D eigenvalue weighted by Gasteiger charge is 2.28. The number of hydroxylamine groups is 2. The molecule has 12 heteroatoms. The van der Waals surface area contributed by atoms with Gasteiger partial charge < -0.3 is 10.1 Å². The van der Waals surface area contributed by atoms with Crippen LogP contribution in [0.5, 0.6) is 0 Å². The lowest BCUT2D eigenvalue weighted by Gasteiger charge is -2.22. The van der Waals surface area contributed by atoms with Crippen molar-refractivity contribution in [2.75, 3.05) is 13.3 Å². The minimum atomic E-state index is -1.35. The number of allylic oxidation sites excluding steroid dienone is 1. The number of esters is 1. The lowest BCUT2D eigenvalue weighted by atomic mass is 10.1. The van der Waals surface area contributed by atoms with E-state index in [-0.39, 0.29) is 23.9 Å². The van der Waals surface area contributed by atoms with Crippen molar-refractivity contribution in [1.82, 2.24) is 16.3 Å². The van der Waals surface area contributed by atoms with Crippen LogP contribution in [0.1, 0.15) is 68.7 Å². The van der Waals surface area contributed by atoms with Gasteiger partial charge in [-0.2, -0.15) is 0 Å². The van der Waals surface area contributed by atoms with E-state index in [1.54, 1.807) is 54.5 Å². The van der Waals surface area contributed by atoms with E-state index in [0.717, 1.165) is 0 Å². The van der Waals surface area contributed by atoms with Crippen molar-refractivity contribution in [2.45, 2.75) is 86.0 Å². The van der Waals surface area contributed by atoms with Gasteiger partial charge in [0.05, 0.1) is 12.0 Å². The molecule has 3 N–H and O–H groups in total. The number of hydrogen-bond acceptors (Lipinski definition) is 9. The molecule has 0 aliphatic rings. The van der Waals surface area contributed by atoms with Gasteiger partial charge in [-0.1, -0.05) is 32.6 Å². The minimum Gasteiger partial charge on any atom is -0.460 e. The third-order valence-electron chi connectivity index (χ3n) is 3.85. The summed E-state index contributed by atoms with van der Waals surface area (Å²) in [6.45, 7) is 19.4. The van der Waals surface area contributed by atoms with Crippen LogP contribution < -0.4 is 16.3 Å². The van der Waals surface area contributed by atoms with Gasteiger partial charge in [0.2, 0.25) is 6.79 Å². The summed E-state index contributed by atoms with van der Waals surface area (Å²) in [5.74, 6) is -2.65. The van der Waals surface area contributed by atoms with E-state index in [1.165, 1.54) is 12.2 Å². The van der Waals surface area contributed by atoms with Gasteiger partial charge in [0.15, 0.2) is 6.10 Å². The fourth-order valence-corrected chi connectivity index (χ4v) is 2.33. The fraction of sp³-hybridized carbons (Fsp3) is 0.615. The second-order valence-corrected chi connectivity index (χ2v) is 10.6. The summed E-state index contributed by atoms with van der Waals surface area (Å²) in [6.07, 6.45) is 2.36. The van der Waals surface area contributed by atoms with Crippen LogP contribution in [-0.2, 0) is 43.4 Å². The number of carbonyl (C=O) groups excluding carboxylic acids is 4. The Bertz CT molecular complexity index is 881. The predicted octanol–water partition coefficient (Wildman–Crippen LogP) is 2.72. The summed E-state index contributed by atoms with van der Waals surface area (Å²) in [5, 5.41) is 2.66. The number of rotatable bonds is 15. The highest BCUT2D eigenvalue weighted by atomic mass is 17.2. The first kappa shape index (κ1) is 34.9. The Hall–Kier alpha value is -3.06. The molecule has 0 spiro atoms. The fourth-order valence-electron chi connectivity index (χ4n) is 2.33. The molecule has 0 saturated carbocycles. The largest absolute Gasteiger partial charge is 0.460 e. The van der Waals surface area contributed by atoms with Crippen molar-refractivity contribution in [3.8, 4) is 0 Å². The molecule has 0 unspecified atom stereocenters. The topological polar surface area (TPSA) is 151 Å². The first-order valence-corrected chi connectivity index (χ1v) is 12.2. The van der Waals surface area contributed by atoms with Crippen LogP contribution in [0.2, 0.25) is 0 Å². The number of nitrogens with one attached hydrogen (secondary N) is 3. The average Bonchev–Trinajstić information content (AvgIpc) is 2.77. The van der Waals surface area contributed by atoms with Gasteiger partial charge in [-0.05, 0) is 60.5 Å². The monoisotopic (exact) mass is 541 g/mol. The van der Waals surface area contributed by atoms with E-state index in [4.69, 9.17) is 24.2 Å². The normalized spacial score (nSPS) is 13.3. The molecule has 0 heterocycles. The summed E-state index contributed by atoms with van der Waals surface area (Å²) in [7, 11) is 0. The second kappa shape index (κ2) is 16.7. The Morgan fingerprint density at radius 1 is 0.947 bits per heavy atom. The zero-order chi connectivity index (χ0) is 29.5. The van der Waals surface area contributed by atoms with Gasteiger partial charge in [-0.3, -0.25) is 24.0 Å². The zero-order valence-corrected chi connectivity index (χ0v) is 23.9. The quantitative estimate of drug-likeness (QED) is 0.0541. The first-order valence-electron chi connectivity index (χ1n) is 12.2. The van der Waals surface area contributed by atoms with Crippen LogP contribution in [0.4, 0.5) is 0 Å². The molecule has 1 atom stereocenters. The van der Waals surface area contributed by atoms with Crippen molar-refractivity contribution in [3.63, 3.8) is 0 Å². The van der Waals surface area contributed by atoms with Crippen molar-refractivity contribution < 1.29 is 43.4 Å². The maximum absolute atomic E-state index is 12.7. The van der Waals surface area contributed by atoms with Crippen LogP contribution in [0.3, 0.4) is 0 Å². The third-order valence-corrected chi connectivity index (χ3v) is 3.85. The number of ether oxygens (including phenoxy) is 1. The van der Waals surface area contributed by atoms with Crippen LogP contribution >= 0.6 is 0 Å². The predicted molar refractivity (Wildman–Crippen MR) is 139 cm³/mol. The van der Waals surface area contributed by atoms with Crippen LogP contribution in [0, 0.1) is 5.92 Å². The van der Waals surface area contributed by atoms with Crippen LogP contribution in [0.15, 0.2) is 36.0 Å². The number of carbonyl (C=O) groups is 4. The Morgan fingerprint density at radius 2 is 1.58 bits per heavy atom. The molecule has 3 amide bonds. The van der Waals surface area contributed by atoms with Gasteiger partial charge in [0, 0.05) is 17.7 Å². The molecular weight excluding hydrogens is 498 g/mol. The van der Waals surface area contributed by atoms with Crippen LogP contribution in [0.25, 0.3) is 0 Å². The van der Waals surface area contributed by atoms with Gasteiger partial charge in [-0.25, -0.2) is 25.6 Å². The van der Waals surface area contributed by atoms with Crippen molar-refractivity contribution in [2.24, 2.45) is 5.92 Å². The Morgan fingerprint density at radius 3 is 2.11 bits per heavy atom. The SMILES string of the molecule is C=C(/C=C(\C=C/C)C(=O)NO[C@H](CC(=O)OC(C)(C)C)C(=O)NCC(C)C)C(=O)NOCOOC(C)(C)C. The summed E-state index contributed by atoms with van der Waals surface area (Å²) in [4.78, 5) is 69.8. The third kappa shape index (κ3) is 17.4. The summed E-state index contributed by atoms with van der Waals surface area (Å²) < 4.78 is 5.26. The molecule has 216 valence electrons. The summed E-state index contributed by atoms with van der Waals surface area (Å²) >= 11 is 0. The van der Waals surface area contributed by atoms with E-state index in [1.807, 2.05) is 13.8 Å². The smallest absolute Gasteiger partial charge is 0.309 e. The lowest BCUT2D eigenvalue weighted by Crippen LogP contribution is -2.44. The Balaban J connectivity index is 5.25.